The van der Waals surface area contributed by atoms with Gasteiger partial charge in [-0.05, 0) is 68.3 Å². The van der Waals surface area contributed by atoms with Crippen LogP contribution in [0.5, 0.6) is 5.75 Å². The molecule has 0 saturated heterocycles. The number of carbonyl (C=O) groups excluding carboxylic acids is 2. The summed E-state index contributed by atoms with van der Waals surface area (Å²) in [7, 11) is -3.14. The SMILES string of the molecule is CC[C@H](C)NC(=O)[C@H](C)N(Cc1cccc(OC)c1)C(=O)CN(c1cc(C(F)(F)F)ccc1Cl)S(=O)(=O)c1ccccc1. The van der Waals surface area contributed by atoms with Crippen molar-refractivity contribution >= 4 is 39.1 Å². The Balaban J connectivity index is 2.13. The number of hydrogen-bond acceptors (Lipinski definition) is 5. The molecule has 0 aliphatic heterocycles. The maximum Gasteiger partial charge on any atom is 0.416 e. The molecular weight excluding hydrogens is 607 g/mol. The minimum absolute atomic E-state index is 0.124. The van der Waals surface area contributed by atoms with E-state index in [0.29, 0.717) is 28.1 Å². The van der Waals surface area contributed by atoms with Gasteiger partial charge in [0.25, 0.3) is 10.0 Å². The summed E-state index contributed by atoms with van der Waals surface area (Å²) in [5.41, 5.74) is -1.11. The Morgan fingerprint density at radius 3 is 2.28 bits per heavy atom. The molecule has 13 heteroatoms. The van der Waals surface area contributed by atoms with Gasteiger partial charge in [-0.1, -0.05) is 48.9 Å². The second-order valence-corrected chi connectivity index (χ2v) is 12.1. The number of ether oxygens (including phenoxy) is 1. The third-order valence-corrected chi connectivity index (χ3v) is 8.90. The van der Waals surface area contributed by atoms with Crippen molar-refractivity contribution in [2.24, 2.45) is 0 Å². The number of carbonyl (C=O) groups is 2. The molecule has 43 heavy (non-hydrogen) atoms. The van der Waals surface area contributed by atoms with Crippen molar-refractivity contribution < 1.29 is 35.9 Å². The minimum atomic E-state index is -4.81. The summed E-state index contributed by atoms with van der Waals surface area (Å²) in [6.07, 6.45) is -4.19. The Morgan fingerprint density at radius 2 is 1.67 bits per heavy atom. The van der Waals surface area contributed by atoms with E-state index in [1.807, 2.05) is 6.92 Å². The lowest BCUT2D eigenvalue weighted by Gasteiger charge is -2.33. The highest BCUT2D eigenvalue weighted by Gasteiger charge is 2.36. The van der Waals surface area contributed by atoms with Crippen molar-refractivity contribution in [2.45, 2.75) is 56.9 Å². The van der Waals surface area contributed by atoms with Crippen molar-refractivity contribution in [1.29, 1.82) is 0 Å². The average molecular weight is 640 g/mol. The van der Waals surface area contributed by atoms with Crippen LogP contribution in [0, 0.1) is 0 Å². The van der Waals surface area contributed by atoms with Gasteiger partial charge >= 0.3 is 6.18 Å². The number of hydrogen-bond donors (Lipinski definition) is 1. The fourth-order valence-corrected chi connectivity index (χ4v) is 5.84. The minimum Gasteiger partial charge on any atom is -0.497 e. The summed E-state index contributed by atoms with van der Waals surface area (Å²) in [5.74, 6) is -0.839. The highest BCUT2D eigenvalue weighted by atomic mass is 35.5. The highest BCUT2D eigenvalue weighted by Crippen LogP contribution is 2.37. The molecule has 0 radical (unpaired) electrons. The van der Waals surface area contributed by atoms with Crippen LogP contribution in [0.4, 0.5) is 18.9 Å². The van der Waals surface area contributed by atoms with Gasteiger partial charge in [-0.2, -0.15) is 13.2 Å². The predicted molar refractivity (Wildman–Crippen MR) is 158 cm³/mol. The highest BCUT2D eigenvalue weighted by molar-refractivity contribution is 7.92. The Labute approximate surface area is 254 Å². The van der Waals surface area contributed by atoms with Crippen LogP contribution in [-0.4, -0.2) is 50.9 Å². The Morgan fingerprint density at radius 1 is 1.00 bits per heavy atom. The molecule has 3 rings (SSSR count). The first kappa shape index (κ1) is 33.7. The molecule has 2 atom stereocenters. The van der Waals surface area contributed by atoms with E-state index in [-0.39, 0.29) is 22.5 Å². The maximum absolute atomic E-state index is 14.0. The quantitative estimate of drug-likeness (QED) is 0.267. The van der Waals surface area contributed by atoms with E-state index >= 15 is 0 Å². The number of benzene rings is 3. The zero-order valence-corrected chi connectivity index (χ0v) is 25.6. The molecule has 0 saturated carbocycles. The number of amides is 2. The maximum atomic E-state index is 14.0. The van der Waals surface area contributed by atoms with Gasteiger partial charge in [0.05, 0.1) is 28.3 Å². The third-order valence-electron chi connectivity index (χ3n) is 6.81. The van der Waals surface area contributed by atoms with Crippen molar-refractivity contribution in [3.8, 4) is 5.75 Å². The number of sulfonamides is 1. The molecule has 8 nitrogen and oxygen atoms in total. The molecule has 0 aliphatic rings. The Bertz CT molecular complexity index is 1540. The lowest BCUT2D eigenvalue weighted by atomic mass is 10.1. The zero-order valence-electron chi connectivity index (χ0n) is 24.1. The van der Waals surface area contributed by atoms with Gasteiger partial charge in [0.15, 0.2) is 0 Å². The molecule has 0 spiro atoms. The molecular formula is C30H33ClF3N3O5S. The van der Waals surface area contributed by atoms with Gasteiger partial charge in [0.2, 0.25) is 11.8 Å². The van der Waals surface area contributed by atoms with Crippen LogP contribution >= 0.6 is 11.6 Å². The van der Waals surface area contributed by atoms with E-state index < -0.39 is 51.9 Å². The summed E-state index contributed by atoms with van der Waals surface area (Å²) in [5, 5.41) is 2.49. The van der Waals surface area contributed by atoms with E-state index in [4.69, 9.17) is 16.3 Å². The van der Waals surface area contributed by atoms with Gasteiger partial charge in [0, 0.05) is 12.6 Å². The monoisotopic (exact) mass is 639 g/mol. The predicted octanol–water partition coefficient (Wildman–Crippen LogP) is 5.89. The van der Waals surface area contributed by atoms with Gasteiger partial charge in [0.1, 0.15) is 18.3 Å². The number of methoxy groups -OCH3 is 1. The second kappa shape index (κ2) is 14.1. The van der Waals surface area contributed by atoms with Gasteiger partial charge in [-0.3, -0.25) is 13.9 Å². The average Bonchev–Trinajstić information content (AvgIpc) is 2.98. The van der Waals surface area contributed by atoms with E-state index in [2.05, 4.69) is 5.32 Å². The molecule has 0 aliphatic carbocycles. The zero-order chi connectivity index (χ0) is 31.9. The van der Waals surface area contributed by atoms with Crippen molar-refractivity contribution in [2.75, 3.05) is 18.0 Å². The lowest BCUT2D eigenvalue weighted by Crippen LogP contribution is -2.52. The number of rotatable bonds is 12. The molecule has 2 amide bonds. The van der Waals surface area contributed by atoms with E-state index in [1.165, 1.54) is 43.2 Å². The van der Waals surface area contributed by atoms with Gasteiger partial charge in [-0.25, -0.2) is 8.42 Å². The number of halogens is 4. The number of nitrogens with zero attached hydrogens (tertiary/aromatic N) is 2. The molecule has 3 aromatic carbocycles. The smallest absolute Gasteiger partial charge is 0.416 e. The van der Waals surface area contributed by atoms with E-state index in [0.717, 1.165) is 12.1 Å². The fraction of sp³-hybridized carbons (Fsp3) is 0.333. The van der Waals surface area contributed by atoms with Crippen molar-refractivity contribution in [3.05, 3.63) is 88.9 Å². The summed E-state index contributed by atoms with van der Waals surface area (Å²) in [6.45, 7) is 4.09. The molecule has 0 fully saturated rings. The number of alkyl halides is 3. The van der Waals surface area contributed by atoms with Crippen LogP contribution in [0.25, 0.3) is 0 Å². The molecule has 232 valence electrons. The van der Waals surface area contributed by atoms with Crippen LogP contribution in [0.15, 0.2) is 77.7 Å². The molecule has 0 bridgehead atoms. The third kappa shape index (κ3) is 8.41. The molecule has 0 heterocycles. The normalized spacial score (nSPS) is 13.1. The van der Waals surface area contributed by atoms with Crippen molar-refractivity contribution in [1.82, 2.24) is 10.2 Å². The second-order valence-electron chi connectivity index (χ2n) is 9.86. The van der Waals surface area contributed by atoms with E-state index in [1.54, 1.807) is 37.3 Å². The molecule has 0 aromatic heterocycles. The van der Waals surface area contributed by atoms with Crippen LogP contribution in [0.1, 0.15) is 38.3 Å². The summed E-state index contributed by atoms with van der Waals surface area (Å²) in [6, 6.07) is 14.6. The fourth-order valence-electron chi connectivity index (χ4n) is 4.13. The summed E-state index contributed by atoms with van der Waals surface area (Å²) < 4.78 is 74.5. The van der Waals surface area contributed by atoms with E-state index in [9.17, 15) is 31.2 Å². The molecule has 1 N–H and O–H groups in total. The first-order valence-electron chi connectivity index (χ1n) is 13.4. The Kier molecular flexibility index (Phi) is 11.1. The molecule has 0 unspecified atom stereocenters. The van der Waals surface area contributed by atoms with Crippen LogP contribution in [0.3, 0.4) is 0 Å². The topological polar surface area (TPSA) is 96.0 Å². The van der Waals surface area contributed by atoms with Crippen LogP contribution in [0.2, 0.25) is 5.02 Å². The summed E-state index contributed by atoms with van der Waals surface area (Å²) in [4.78, 5) is 28.1. The van der Waals surface area contributed by atoms with Crippen molar-refractivity contribution in [3.63, 3.8) is 0 Å². The largest absolute Gasteiger partial charge is 0.497 e. The summed E-state index contributed by atoms with van der Waals surface area (Å²) >= 11 is 6.27. The van der Waals surface area contributed by atoms with Crippen LogP contribution < -0.4 is 14.4 Å². The lowest BCUT2D eigenvalue weighted by molar-refractivity contribution is -0.139. The van der Waals surface area contributed by atoms with Crippen LogP contribution in [-0.2, 0) is 32.3 Å². The number of anilines is 1. The standard InChI is InChI=1S/C30H33ClF3N3O5S/c1-5-20(2)35-29(39)21(3)36(18-22-10-9-11-24(16-22)42-4)28(38)19-37(43(40,41)25-12-7-6-8-13-25)27-17-23(30(32,33)34)14-15-26(27)31/h6-17,20-21H,5,18-19H2,1-4H3,(H,35,39)/t20-,21-/m0/s1. The molecule has 3 aromatic rings. The Hall–Kier alpha value is -3.77. The first-order valence-corrected chi connectivity index (χ1v) is 15.2. The number of nitrogens with one attached hydrogen (secondary N) is 1. The van der Waals surface area contributed by atoms with Gasteiger partial charge < -0.3 is 15.0 Å². The first-order chi connectivity index (χ1) is 20.2. The van der Waals surface area contributed by atoms with Gasteiger partial charge in [-0.15, -0.1) is 0 Å².